The van der Waals surface area contributed by atoms with E-state index in [1.807, 2.05) is 23.5 Å². The molecule has 0 aliphatic heterocycles. The Hall–Kier alpha value is -3.33. The van der Waals surface area contributed by atoms with Crippen molar-refractivity contribution in [2.75, 3.05) is 6.61 Å². The number of nitriles is 1. The van der Waals surface area contributed by atoms with Crippen LogP contribution in [0.3, 0.4) is 0 Å². The number of nitrogens with zero attached hydrogens (tertiary/aromatic N) is 1. The summed E-state index contributed by atoms with van der Waals surface area (Å²) in [5, 5.41) is 11.0. The first-order chi connectivity index (χ1) is 11.1. The molecule has 0 aliphatic carbocycles. The Labute approximate surface area is 133 Å². The van der Waals surface area contributed by atoms with Crippen LogP contribution in [-0.2, 0) is 9.53 Å². The van der Waals surface area contributed by atoms with Gasteiger partial charge in [0.2, 0.25) is 0 Å². The van der Waals surface area contributed by atoms with E-state index in [0.29, 0.717) is 5.56 Å². The van der Waals surface area contributed by atoms with Crippen LogP contribution in [0.1, 0.15) is 12.5 Å². The van der Waals surface area contributed by atoms with Crippen molar-refractivity contribution in [1.82, 2.24) is 5.32 Å². The van der Waals surface area contributed by atoms with Crippen molar-refractivity contribution in [3.05, 3.63) is 53.8 Å². The van der Waals surface area contributed by atoms with Crippen molar-refractivity contribution in [2.24, 2.45) is 0 Å². The van der Waals surface area contributed by atoms with E-state index in [9.17, 15) is 9.59 Å². The van der Waals surface area contributed by atoms with Gasteiger partial charge in [0, 0.05) is 5.56 Å². The quantitative estimate of drug-likeness (QED) is 0.692. The Kier molecular flexibility index (Phi) is 5.31. The molecule has 0 spiro atoms. The van der Waals surface area contributed by atoms with E-state index in [-0.39, 0.29) is 12.2 Å². The predicted octanol–water partition coefficient (Wildman–Crippen LogP) is 3.13. The van der Waals surface area contributed by atoms with E-state index in [1.165, 1.54) is 6.08 Å². The van der Waals surface area contributed by atoms with Gasteiger partial charge in [0.05, 0.1) is 12.9 Å². The summed E-state index contributed by atoms with van der Waals surface area (Å²) in [6.07, 6.45) is 2.09. The third-order valence-electron chi connectivity index (χ3n) is 2.88. The number of carbonyl (C=O) groups excluding carboxylic acids is 2. The number of benzene rings is 1. The van der Waals surface area contributed by atoms with Crippen LogP contribution in [0.25, 0.3) is 17.4 Å². The molecule has 6 nitrogen and oxygen atoms in total. The summed E-state index contributed by atoms with van der Waals surface area (Å²) in [6.45, 7) is 1.75. The number of hydrogen-bond acceptors (Lipinski definition) is 5. The van der Waals surface area contributed by atoms with Crippen molar-refractivity contribution in [3.63, 3.8) is 0 Å². The minimum atomic E-state index is -0.883. The van der Waals surface area contributed by atoms with Gasteiger partial charge in [-0.1, -0.05) is 24.3 Å². The Bertz CT molecular complexity index is 753. The lowest BCUT2D eigenvalue weighted by molar-refractivity contribution is -0.116. The minimum absolute atomic E-state index is 0.138. The molecule has 2 amide bonds. The molecule has 0 radical (unpaired) electrons. The third kappa shape index (κ3) is 4.32. The average Bonchev–Trinajstić information content (AvgIpc) is 3.07. The molecule has 0 atom stereocenters. The van der Waals surface area contributed by atoms with E-state index < -0.39 is 12.0 Å². The van der Waals surface area contributed by atoms with E-state index in [2.05, 4.69) is 4.74 Å². The maximum Gasteiger partial charge on any atom is 0.414 e. The number of ether oxygens (including phenoxy) is 1. The molecule has 2 rings (SSSR count). The van der Waals surface area contributed by atoms with Crippen molar-refractivity contribution < 1.29 is 18.7 Å². The Morgan fingerprint density at radius 3 is 2.61 bits per heavy atom. The van der Waals surface area contributed by atoms with Crippen LogP contribution >= 0.6 is 0 Å². The molecule has 23 heavy (non-hydrogen) atoms. The predicted molar refractivity (Wildman–Crippen MR) is 82.9 cm³/mol. The number of imide groups is 1. The van der Waals surface area contributed by atoms with Crippen LogP contribution in [0.5, 0.6) is 0 Å². The first kappa shape index (κ1) is 16.0. The van der Waals surface area contributed by atoms with Gasteiger partial charge in [-0.05, 0) is 30.7 Å². The molecule has 6 heteroatoms. The summed E-state index contributed by atoms with van der Waals surface area (Å²) in [5.74, 6) is -0.0813. The average molecular weight is 310 g/mol. The zero-order valence-corrected chi connectivity index (χ0v) is 12.4. The molecule has 1 heterocycles. The molecule has 0 unspecified atom stereocenters. The normalized spacial score (nSPS) is 10.7. The molecule has 116 valence electrons. The zero-order valence-electron chi connectivity index (χ0n) is 12.4. The maximum atomic E-state index is 11.8. The SMILES string of the molecule is CCOC(=O)NC(=O)/C(C#N)=C\c1ccc(-c2ccco2)cc1. The number of carbonyl (C=O) groups is 2. The zero-order chi connectivity index (χ0) is 16.7. The molecular weight excluding hydrogens is 296 g/mol. The first-order valence-electron chi connectivity index (χ1n) is 6.88. The van der Waals surface area contributed by atoms with Gasteiger partial charge in [0.1, 0.15) is 17.4 Å². The fourth-order valence-electron chi connectivity index (χ4n) is 1.83. The number of furan rings is 1. The van der Waals surface area contributed by atoms with Crippen LogP contribution in [0.2, 0.25) is 0 Å². The van der Waals surface area contributed by atoms with Crippen LogP contribution in [0, 0.1) is 11.3 Å². The lowest BCUT2D eigenvalue weighted by atomic mass is 10.1. The topological polar surface area (TPSA) is 92.3 Å². The van der Waals surface area contributed by atoms with Gasteiger partial charge in [-0.15, -0.1) is 0 Å². The molecular formula is C17H14N2O4. The molecule has 0 bridgehead atoms. The second-order valence-electron chi connectivity index (χ2n) is 4.44. The summed E-state index contributed by atoms with van der Waals surface area (Å²) in [7, 11) is 0. The number of nitrogens with one attached hydrogen (secondary N) is 1. The second kappa shape index (κ2) is 7.61. The monoisotopic (exact) mass is 310 g/mol. The van der Waals surface area contributed by atoms with E-state index in [0.717, 1.165) is 11.3 Å². The number of hydrogen-bond donors (Lipinski definition) is 1. The third-order valence-corrected chi connectivity index (χ3v) is 2.88. The van der Waals surface area contributed by atoms with Gasteiger partial charge in [-0.25, -0.2) is 4.79 Å². The molecule has 0 saturated carbocycles. The minimum Gasteiger partial charge on any atom is -0.464 e. The molecule has 0 aliphatic rings. The summed E-state index contributed by atoms with van der Waals surface area (Å²) in [4.78, 5) is 23.0. The summed E-state index contributed by atoms with van der Waals surface area (Å²) < 4.78 is 9.88. The summed E-state index contributed by atoms with van der Waals surface area (Å²) in [5.41, 5.74) is 1.33. The van der Waals surface area contributed by atoms with Crippen molar-refractivity contribution in [1.29, 1.82) is 5.26 Å². The highest BCUT2D eigenvalue weighted by Crippen LogP contribution is 2.20. The fourth-order valence-corrected chi connectivity index (χ4v) is 1.83. The van der Waals surface area contributed by atoms with Crippen LogP contribution in [-0.4, -0.2) is 18.6 Å². The number of alkyl carbamates (subject to hydrolysis) is 1. The Morgan fingerprint density at radius 1 is 1.30 bits per heavy atom. The number of amides is 2. The Balaban J connectivity index is 2.13. The molecule has 1 aromatic heterocycles. The molecule has 0 fully saturated rings. The van der Waals surface area contributed by atoms with Gasteiger partial charge >= 0.3 is 6.09 Å². The van der Waals surface area contributed by atoms with E-state index >= 15 is 0 Å². The van der Waals surface area contributed by atoms with Gasteiger partial charge in [0.25, 0.3) is 5.91 Å². The number of rotatable bonds is 4. The maximum absolute atomic E-state index is 11.8. The van der Waals surface area contributed by atoms with Gasteiger partial charge in [-0.3, -0.25) is 10.1 Å². The fraction of sp³-hybridized carbons (Fsp3) is 0.118. The largest absolute Gasteiger partial charge is 0.464 e. The first-order valence-corrected chi connectivity index (χ1v) is 6.88. The second-order valence-corrected chi connectivity index (χ2v) is 4.44. The summed E-state index contributed by atoms with van der Waals surface area (Å²) >= 11 is 0. The van der Waals surface area contributed by atoms with Crippen molar-refractivity contribution >= 4 is 18.1 Å². The standard InChI is InChI=1S/C17H14N2O4/c1-2-22-17(21)19-16(20)14(11-18)10-12-5-7-13(8-6-12)15-4-3-9-23-15/h3-10H,2H2,1H3,(H,19,20,21)/b14-10-. The van der Waals surface area contributed by atoms with Crippen molar-refractivity contribution in [3.8, 4) is 17.4 Å². The smallest absolute Gasteiger partial charge is 0.414 e. The lowest BCUT2D eigenvalue weighted by Gasteiger charge is -2.03. The van der Waals surface area contributed by atoms with Crippen LogP contribution in [0.4, 0.5) is 4.79 Å². The summed E-state index contributed by atoms with van der Waals surface area (Å²) in [6, 6.07) is 12.5. The highest BCUT2D eigenvalue weighted by molar-refractivity contribution is 6.07. The molecule has 1 N–H and O–H groups in total. The van der Waals surface area contributed by atoms with Gasteiger partial charge in [-0.2, -0.15) is 5.26 Å². The highest BCUT2D eigenvalue weighted by Gasteiger charge is 2.13. The van der Waals surface area contributed by atoms with Gasteiger partial charge < -0.3 is 9.15 Å². The highest BCUT2D eigenvalue weighted by atomic mass is 16.5. The van der Waals surface area contributed by atoms with Gasteiger partial charge in [0.15, 0.2) is 0 Å². The molecule has 1 aromatic carbocycles. The van der Waals surface area contributed by atoms with Crippen LogP contribution < -0.4 is 5.32 Å². The Morgan fingerprint density at radius 2 is 2.04 bits per heavy atom. The molecule has 2 aromatic rings. The molecule has 0 saturated heterocycles. The van der Waals surface area contributed by atoms with Crippen molar-refractivity contribution in [2.45, 2.75) is 6.92 Å². The van der Waals surface area contributed by atoms with E-state index in [1.54, 1.807) is 37.5 Å². The van der Waals surface area contributed by atoms with E-state index in [4.69, 9.17) is 9.68 Å². The lowest BCUT2D eigenvalue weighted by Crippen LogP contribution is -2.31. The van der Waals surface area contributed by atoms with Crippen LogP contribution in [0.15, 0.2) is 52.7 Å².